The van der Waals surface area contributed by atoms with Gasteiger partial charge in [-0.05, 0) is 36.4 Å². The van der Waals surface area contributed by atoms with E-state index in [1.54, 1.807) is 0 Å². The maximum atomic E-state index is 15.2. The van der Waals surface area contributed by atoms with Crippen LogP contribution in [0.15, 0.2) is 59.5 Å². The van der Waals surface area contributed by atoms with E-state index in [-0.39, 0.29) is 34.3 Å². The van der Waals surface area contributed by atoms with E-state index >= 15 is 8.78 Å². The van der Waals surface area contributed by atoms with E-state index in [9.17, 15) is 18.4 Å². The summed E-state index contributed by atoms with van der Waals surface area (Å²) in [5, 5.41) is 2.40. The molecule has 0 spiro atoms. The fourth-order valence-corrected chi connectivity index (χ4v) is 3.84. The summed E-state index contributed by atoms with van der Waals surface area (Å²) in [4.78, 5) is 30.7. The molecular weight excluding hydrogens is 512 g/mol. The van der Waals surface area contributed by atoms with Crippen molar-refractivity contribution in [1.29, 1.82) is 0 Å². The van der Waals surface area contributed by atoms with Gasteiger partial charge >= 0.3 is 6.61 Å². The van der Waals surface area contributed by atoms with Crippen LogP contribution in [0.5, 0.6) is 17.4 Å². The summed E-state index contributed by atoms with van der Waals surface area (Å²) < 4.78 is 71.8. The molecule has 0 saturated carbocycles. The van der Waals surface area contributed by atoms with E-state index in [0.717, 1.165) is 33.6 Å². The number of methoxy groups -OCH3 is 2. The summed E-state index contributed by atoms with van der Waals surface area (Å²) in [5.74, 6) is -3.22. The standard InChI is InChI=1S/C25H20F4N4O5/c1-32-21(19-16(26)11-15(36-2)12-17(19)27)20(24(35)33(32)18-5-4-10-30-23(18)37-3)31-22(34)13-6-8-14(9-7-13)38-25(28)29/h4-12,25H,1-3H3,(H,31,34). The zero-order valence-electron chi connectivity index (χ0n) is 20.2. The van der Waals surface area contributed by atoms with Gasteiger partial charge in [-0.1, -0.05) is 0 Å². The Morgan fingerprint density at radius 1 is 1.00 bits per heavy atom. The van der Waals surface area contributed by atoms with Crippen molar-refractivity contribution in [3.8, 4) is 34.3 Å². The highest BCUT2D eigenvalue weighted by Crippen LogP contribution is 2.35. The maximum Gasteiger partial charge on any atom is 0.387 e. The van der Waals surface area contributed by atoms with E-state index in [1.807, 2.05) is 0 Å². The highest BCUT2D eigenvalue weighted by molar-refractivity contribution is 6.06. The molecule has 0 saturated heterocycles. The smallest absolute Gasteiger partial charge is 0.387 e. The largest absolute Gasteiger partial charge is 0.497 e. The minimum Gasteiger partial charge on any atom is -0.497 e. The number of carbonyl (C=O) groups is 1. The van der Waals surface area contributed by atoms with Crippen LogP contribution in [0, 0.1) is 11.6 Å². The third-order valence-electron chi connectivity index (χ3n) is 5.51. The molecule has 0 bridgehead atoms. The lowest BCUT2D eigenvalue weighted by molar-refractivity contribution is -0.0498. The number of hydrogen-bond acceptors (Lipinski definition) is 6. The number of carbonyl (C=O) groups excluding carboxylic acids is 1. The minimum atomic E-state index is -3.06. The van der Waals surface area contributed by atoms with Gasteiger partial charge in [0.25, 0.3) is 11.5 Å². The second-order valence-corrected chi connectivity index (χ2v) is 7.72. The Morgan fingerprint density at radius 2 is 1.66 bits per heavy atom. The first-order valence-electron chi connectivity index (χ1n) is 10.9. The van der Waals surface area contributed by atoms with Crippen LogP contribution in [0.3, 0.4) is 0 Å². The van der Waals surface area contributed by atoms with Crippen molar-refractivity contribution in [1.82, 2.24) is 14.3 Å². The van der Waals surface area contributed by atoms with Crippen LogP contribution >= 0.6 is 0 Å². The molecule has 2 aromatic carbocycles. The van der Waals surface area contributed by atoms with Gasteiger partial charge in [-0.25, -0.2) is 18.4 Å². The molecule has 198 valence electrons. The normalized spacial score (nSPS) is 10.9. The lowest BCUT2D eigenvalue weighted by Gasteiger charge is -2.14. The fraction of sp³-hybridized carbons (Fsp3) is 0.160. The number of ether oxygens (including phenoxy) is 3. The van der Waals surface area contributed by atoms with Crippen LogP contribution in [0.1, 0.15) is 10.4 Å². The lowest BCUT2D eigenvalue weighted by atomic mass is 10.1. The van der Waals surface area contributed by atoms with E-state index in [2.05, 4.69) is 15.0 Å². The van der Waals surface area contributed by atoms with Crippen molar-refractivity contribution in [2.24, 2.45) is 7.05 Å². The summed E-state index contributed by atoms with van der Waals surface area (Å²) in [6.45, 7) is -3.06. The molecule has 2 aromatic heterocycles. The van der Waals surface area contributed by atoms with Crippen molar-refractivity contribution in [2.75, 3.05) is 19.5 Å². The highest BCUT2D eigenvalue weighted by Gasteiger charge is 2.28. The fourth-order valence-electron chi connectivity index (χ4n) is 3.84. The van der Waals surface area contributed by atoms with E-state index in [0.29, 0.717) is 0 Å². The summed E-state index contributed by atoms with van der Waals surface area (Å²) >= 11 is 0. The molecule has 0 aliphatic rings. The summed E-state index contributed by atoms with van der Waals surface area (Å²) in [6, 6.07) is 9.51. The van der Waals surface area contributed by atoms with Gasteiger partial charge < -0.3 is 19.5 Å². The Balaban J connectivity index is 1.89. The van der Waals surface area contributed by atoms with E-state index < -0.39 is 41.0 Å². The molecule has 0 radical (unpaired) electrons. The first kappa shape index (κ1) is 26.3. The molecule has 0 unspecified atom stereocenters. The van der Waals surface area contributed by atoms with Crippen molar-refractivity contribution in [2.45, 2.75) is 6.61 Å². The first-order chi connectivity index (χ1) is 18.2. The Hall–Kier alpha value is -4.81. The average Bonchev–Trinajstić information content (AvgIpc) is 3.12. The van der Waals surface area contributed by atoms with Crippen LogP contribution in [-0.2, 0) is 7.05 Å². The van der Waals surface area contributed by atoms with Gasteiger partial charge in [0, 0.05) is 30.9 Å². The summed E-state index contributed by atoms with van der Waals surface area (Å²) in [5.41, 5.74) is -2.13. The number of nitrogens with one attached hydrogen (secondary N) is 1. The molecule has 0 fully saturated rings. The maximum absolute atomic E-state index is 15.2. The van der Waals surface area contributed by atoms with Crippen molar-refractivity contribution >= 4 is 11.6 Å². The Morgan fingerprint density at radius 3 is 2.24 bits per heavy atom. The number of benzene rings is 2. The Labute approximate surface area is 212 Å². The molecule has 9 nitrogen and oxygen atoms in total. The number of amides is 1. The Bertz CT molecular complexity index is 1530. The van der Waals surface area contributed by atoms with Crippen molar-refractivity contribution in [3.63, 3.8) is 0 Å². The third kappa shape index (κ3) is 4.90. The molecule has 2 heterocycles. The second-order valence-electron chi connectivity index (χ2n) is 7.72. The van der Waals surface area contributed by atoms with Crippen LogP contribution in [0.25, 0.3) is 16.9 Å². The molecule has 4 aromatic rings. The summed E-state index contributed by atoms with van der Waals surface area (Å²) in [7, 11) is 3.92. The molecule has 1 N–H and O–H groups in total. The third-order valence-corrected chi connectivity index (χ3v) is 5.51. The number of hydrogen-bond donors (Lipinski definition) is 1. The SMILES string of the molecule is COc1cc(F)c(-c2c(NC(=O)c3ccc(OC(F)F)cc3)c(=O)n(-c3cccnc3OC)n2C)c(F)c1. The van der Waals surface area contributed by atoms with Gasteiger partial charge in [0.1, 0.15) is 40.2 Å². The summed E-state index contributed by atoms with van der Waals surface area (Å²) in [6.07, 6.45) is 1.42. The number of anilines is 1. The van der Waals surface area contributed by atoms with Gasteiger partial charge in [0.05, 0.1) is 19.8 Å². The van der Waals surface area contributed by atoms with Gasteiger partial charge in [0.15, 0.2) is 0 Å². The van der Waals surface area contributed by atoms with Crippen molar-refractivity contribution < 1.29 is 36.6 Å². The van der Waals surface area contributed by atoms with E-state index in [1.165, 1.54) is 51.7 Å². The molecule has 0 aliphatic heterocycles. The van der Waals surface area contributed by atoms with E-state index in [4.69, 9.17) is 9.47 Å². The predicted molar refractivity (Wildman–Crippen MR) is 128 cm³/mol. The first-order valence-corrected chi connectivity index (χ1v) is 10.9. The quantitative estimate of drug-likeness (QED) is 0.338. The van der Waals surface area contributed by atoms with Gasteiger partial charge in [0.2, 0.25) is 5.88 Å². The monoisotopic (exact) mass is 532 g/mol. The van der Waals surface area contributed by atoms with Gasteiger partial charge in [-0.2, -0.15) is 8.78 Å². The average molecular weight is 532 g/mol. The zero-order valence-corrected chi connectivity index (χ0v) is 20.2. The minimum absolute atomic E-state index is 0.0323. The molecular formula is C25H20F4N4O5. The van der Waals surface area contributed by atoms with Crippen molar-refractivity contribution in [3.05, 3.63) is 82.3 Å². The van der Waals surface area contributed by atoms with Crippen LogP contribution in [0.2, 0.25) is 0 Å². The van der Waals surface area contributed by atoms with Crippen LogP contribution < -0.4 is 25.1 Å². The van der Waals surface area contributed by atoms with Gasteiger partial charge in [-0.15, -0.1) is 0 Å². The molecule has 1 amide bonds. The zero-order chi connectivity index (χ0) is 27.6. The second kappa shape index (κ2) is 10.7. The molecule has 4 rings (SSSR count). The lowest BCUT2D eigenvalue weighted by Crippen LogP contribution is -2.23. The number of rotatable bonds is 8. The number of aromatic nitrogens is 3. The molecule has 0 atom stereocenters. The molecule has 13 heteroatoms. The Kier molecular flexibility index (Phi) is 7.37. The van der Waals surface area contributed by atoms with Gasteiger partial charge in [-0.3, -0.25) is 14.3 Å². The van der Waals surface area contributed by atoms with Crippen LogP contribution in [0.4, 0.5) is 23.2 Å². The number of alkyl halides is 2. The number of halogens is 4. The molecule has 38 heavy (non-hydrogen) atoms. The molecule has 0 aliphatic carbocycles. The number of pyridine rings is 1. The van der Waals surface area contributed by atoms with Crippen LogP contribution in [-0.4, -0.2) is 41.1 Å². The highest BCUT2D eigenvalue weighted by atomic mass is 19.3. The topological polar surface area (TPSA) is 96.6 Å². The predicted octanol–water partition coefficient (Wildman–Crippen LogP) is 4.39. The number of nitrogens with zero attached hydrogens (tertiary/aromatic N) is 3.